The number of amides is 2. The second kappa shape index (κ2) is 6.79. The molecule has 28 heavy (non-hydrogen) atoms. The maximum Gasteiger partial charge on any atom is 0.452 e. The maximum absolute atomic E-state index is 14.2. The Bertz CT molecular complexity index is 994. The summed E-state index contributed by atoms with van der Waals surface area (Å²) in [6.07, 6.45) is -4.40. The Morgan fingerprint density at radius 2 is 1.54 bits per heavy atom. The number of urea groups is 1. The van der Waals surface area contributed by atoms with Gasteiger partial charge in [-0.2, -0.15) is 13.2 Å². The van der Waals surface area contributed by atoms with E-state index in [1.807, 2.05) is 5.32 Å². The highest BCUT2D eigenvalue weighted by Gasteiger charge is 2.51. The molecule has 4 nitrogen and oxygen atoms in total. The number of benzene rings is 2. The van der Waals surface area contributed by atoms with Crippen molar-refractivity contribution in [1.29, 1.82) is 0 Å². The quantitative estimate of drug-likeness (QED) is 0.556. The zero-order chi connectivity index (χ0) is 20.7. The second-order valence-corrected chi connectivity index (χ2v) is 5.98. The smallest absolute Gasteiger partial charge is 0.267 e. The lowest BCUT2D eigenvalue weighted by Crippen LogP contribution is -2.45. The summed E-state index contributed by atoms with van der Waals surface area (Å²) in [6, 6.07) is 6.32. The number of carbonyl (C=O) groups is 1. The van der Waals surface area contributed by atoms with E-state index < -0.39 is 51.3 Å². The Balaban J connectivity index is 2.09. The number of quaternary nitrogens is 1. The van der Waals surface area contributed by atoms with E-state index in [0.717, 1.165) is 31.3 Å². The Kier molecular flexibility index (Phi) is 4.76. The van der Waals surface area contributed by atoms with E-state index in [-0.39, 0.29) is 5.56 Å². The van der Waals surface area contributed by atoms with Crippen LogP contribution < -0.4 is 5.32 Å². The fraction of sp³-hybridized carbons (Fsp3) is 0.111. The molecule has 1 atom stereocenters. The molecule has 1 N–H and O–H groups in total. The van der Waals surface area contributed by atoms with Crippen molar-refractivity contribution in [1.82, 2.24) is 0 Å². The van der Waals surface area contributed by atoms with Gasteiger partial charge in [-0.3, -0.25) is 5.32 Å². The third kappa shape index (κ3) is 3.38. The monoisotopic (exact) mass is 400 g/mol. The van der Waals surface area contributed by atoms with Gasteiger partial charge in [-0.25, -0.2) is 18.0 Å². The molecule has 10 heteroatoms. The Morgan fingerprint density at radius 3 is 2.11 bits per heavy atom. The highest BCUT2D eigenvalue weighted by Crippen LogP contribution is 2.37. The first-order valence-corrected chi connectivity index (χ1v) is 7.80. The van der Waals surface area contributed by atoms with E-state index >= 15 is 0 Å². The summed E-state index contributed by atoms with van der Waals surface area (Å²) < 4.78 is 79.9. The van der Waals surface area contributed by atoms with E-state index in [1.54, 1.807) is 0 Å². The van der Waals surface area contributed by atoms with Crippen LogP contribution in [-0.4, -0.2) is 29.6 Å². The van der Waals surface area contributed by atoms with Crippen LogP contribution in [0.1, 0.15) is 5.56 Å². The number of hydrogen-bond acceptors (Lipinski definition) is 2. The molecular formula is C18H12F6N3O+. The van der Waals surface area contributed by atoms with E-state index in [0.29, 0.717) is 6.08 Å². The SMILES string of the molecule is C[N+]1(C(=O)Nc2c(F)cccc2F)N=C(C(F)(F)F)C=C1c1ccccc1F. The van der Waals surface area contributed by atoms with Crippen LogP contribution in [0.25, 0.3) is 5.70 Å². The minimum atomic E-state index is -4.92. The first-order valence-electron chi connectivity index (χ1n) is 7.80. The van der Waals surface area contributed by atoms with Gasteiger partial charge in [-0.15, -0.1) is 0 Å². The molecule has 2 amide bonds. The normalized spacial score (nSPS) is 19.2. The molecule has 0 aromatic heterocycles. The van der Waals surface area contributed by atoms with Gasteiger partial charge < -0.3 is 0 Å². The van der Waals surface area contributed by atoms with Crippen molar-refractivity contribution in [3.8, 4) is 0 Å². The van der Waals surface area contributed by atoms with Crippen LogP contribution in [-0.2, 0) is 0 Å². The number of hydrogen-bond donors (Lipinski definition) is 1. The van der Waals surface area contributed by atoms with Gasteiger partial charge in [0.15, 0.2) is 5.70 Å². The number of halogens is 6. The molecule has 1 heterocycles. The molecule has 0 radical (unpaired) electrons. The van der Waals surface area contributed by atoms with Crippen LogP contribution in [0.15, 0.2) is 53.6 Å². The third-order valence-corrected chi connectivity index (χ3v) is 4.08. The molecule has 0 spiro atoms. The van der Waals surface area contributed by atoms with Crippen LogP contribution in [0.5, 0.6) is 0 Å². The molecule has 2 aromatic carbocycles. The van der Waals surface area contributed by atoms with Crippen LogP contribution in [0.4, 0.5) is 36.8 Å². The Labute approximate surface area is 155 Å². The third-order valence-electron chi connectivity index (χ3n) is 4.08. The number of para-hydroxylation sites is 1. The highest BCUT2D eigenvalue weighted by molar-refractivity contribution is 6.07. The lowest BCUT2D eigenvalue weighted by Gasteiger charge is -2.24. The average Bonchev–Trinajstić information content (AvgIpc) is 2.98. The first-order chi connectivity index (χ1) is 13.0. The molecule has 1 unspecified atom stereocenters. The zero-order valence-corrected chi connectivity index (χ0v) is 14.2. The lowest BCUT2D eigenvalue weighted by molar-refractivity contribution is -0.756. The fourth-order valence-corrected chi connectivity index (χ4v) is 2.66. The van der Waals surface area contributed by atoms with Gasteiger partial charge >= 0.3 is 12.2 Å². The topological polar surface area (TPSA) is 41.5 Å². The van der Waals surface area contributed by atoms with Crippen molar-refractivity contribution in [2.45, 2.75) is 6.18 Å². The van der Waals surface area contributed by atoms with Gasteiger partial charge in [-0.1, -0.05) is 27.9 Å². The number of alkyl halides is 3. The molecule has 3 rings (SSSR count). The van der Waals surface area contributed by atoms with E-state index in [9.17, 15) is 31.1 Å². The molecule has 0 fully saturated rings. The Morgan fingerprint density at radius 1 is 0.964 bits per heavy atom. The maximum atomic E-state index is 14.2. The minimum Gasteiger partial charge on any atom is -0.267 e. The number of nitrogens with one attached hydrogen (secondary N) is 1. The summed E-state index contributed by atoms with van der Waals surface area (Å²) in [4.78, 5) is 12.7. The van der Waals surface area contributed by atoms with Crippen molar-refractivity contribution in [2.75, 3.05) is 12.4 Å². The number of allylic oxidation sites excluding steroid dienone is 1. The predicted octanol–water partition coefficient (Wildman–Crippen LogP) is 5.06. The summed E-state index contributed by atoms with van der Waals surface area (Å²) >= 11 is 0. The molecule has 0 saturated heterocycles. The number of nitrogens with zero attached hydrogens (tertiary/aromatic N) is 2. The summed E-state index contributed by atoms with van der Waals surface area (Å²) in [5.41, 5.74) is -3.04. The van der Waals surface area contributed by atoms with Crippen molar-refractivity contribution >= 4 is 23.1 Å². The second-order valence-electron chi connectivity index (χ2n) is 5.98. The van der Waals surface area contributed by atoms with E-state index in [1.165, 1.54) is 18.2 Å². The van der Waals surface area contributed by atoms with Crippen molar-refractivity contribution in [3.05, 3.63) is 71.6 Å². The minimum absolute atomic E-state index is 0.308. The van der Waals surface area contributed by atoms with Gasteiger partial charge in [0, 0.05) is 6.08 Å². The molecule has 1 aliphatic rings. The van der Waals surface area contributed by atoms with Crippen molar-refractivity contribution in [2.24, 2.45) is 5.10 Å². The molecule has 0 aliphatic carbocycles. The summed E-state index contributed by atoms with van der Waals surface area (Å²) in [6.45, 7) is 0. The number of rotatable bonds is 2. The van der Waals surface area contributed by atoms with Gasteiger partial charge in [0.25, 0.3) is 0 Å². The van der Waals surface area contributed by atoms with Crippen molar-refractivity contribution < 1.29 is 35.7 Å². The predicted molar refractivity (Wildman–Crippen MR) is 89.4 cm³/mol. The summed E-state index contributed by atoms with van der Waals surface area (Å²) in [5.74, 6) is -3.15. The fourth-order valence-electron chi connectivity index (χ4n) is 2.66. The Hall–Kier alpha value is -3.14. The summed E-state index contributed by atoms with van der Waals surface area (Å²) in [5, 5.41) is 5.26. The van der Waals surface area contributed by atoms with E-state index in [2.05, 4.69) is 5.10 Å². The summed E-state index contributed by atoms with van der Waals surface area (Å²) in [7, 11) is 0.950. The molecular weight excluding hydrogens is 388 g/mol. The van der Waals surface area contributed by atoms with Crippen molar-refractivity contribution in [3.63, 3.8) is 0 Å². The zero-order valence-electron chi connectivity index (χ0n) is 14.2. The van der Waals surface area contributed by atoms with Gasteiger partial charge in [0.2, 0.25) is 5.71 Å². The first kappa shape index (κ1) is 19.6. The molecule has 146 valence electrons. The van der Waals surface area contributed by atoms with Gasteiger partial charge in [0.1, 0.15) is 30.2 Å². The van der Waals surface area contributed by atoms with Gasteiger partial charge in [0.05, 0.1) is 5.56 Å². The van der Waals surface area contributed by atoms with E-state index in [4.69, 9.17) is 0 Å². The van der Waals surface area contributed by atoms with Crippen LogP contribution >= 0.6 is 0 Å². The number of carbonyl (C=O) groups excluding carboxylic acids is 1. The van der Waals surface area contributed by atoms with Crippen LogP contribution in [0.2, 0.25) is 0 Å². The van der Waals surface area contributed by atoms with Crippen LogP contribution in [0, 0.1) is 17.5 Å². The number of anilines is 1. The average molecular weight is 400 g/mol. The van der Waals surface area contributed by atoms with Crippen LogP contribution in [0.3, 0.4) is 0 Å². The largest absolute Gasteiger partial charge is 0.452 e. The molecule has 0 saturated carbocycles. The molecule has 2 aromatic rings. The molecule has 1 aliphatic heterocycles. The highest BCUT2D eigenvalue weighted by atomic mass is 19.4. The lowest BCUT2D eigenvalue weighted by atomic mass is 10.1. The standard InChI is InChI=1S/C18H11F6N3O/c1-27(17(28)25-16-12(20)7-4-8-13(16)21)14(9-15(26-27)18(22,23)24)10-5-2-3-6-11(10)19/h2-9H,1H3/p+1. The van der Waals surface area contributed by atoms with Gasteiger partial charge in [-0.05, 0) is 24.3 Å². The molecule has 0 bridgehead atoms.